The Kier molecular flexibility index (Phi) is 9.53. The van der Waals surface area contributed by atoms with Crippen molar-refractivity contribution in [2.75, 3.05) is 11.5 Å². The van der Waals surface area contributed by atoms with Gasteiger partial charge in [-0.2, -0.15) is 16.8 Å². The monoisotopic (exact) mass is 560 g/mol. The van der Waals surface area contributed by atoms with Crippen molar-refractivity contribution in [2.45, 2.75) is 44.9 Å². The minimum atomic E-state index is -4.10. The average Bonchev–Trinajstić information content (AvgIpc) is 2.72. The van der Waals surface area contributed by atoms with Crippen molar-refractivity contribution < 1.29 is 36.2 Å². The van der Waals surface area contributed by atoms with Gasteiger partial charge in [-0.15, -0.1) is 0 Å². The first-order valence-electron chi connectivity index (χ1n) is 10.6. The first kappa shape index (κ1) is 29.3. The van der Waals surface area contributed by atoms with Crippen molar-refractivity contribution in [3.8, 4) is 11.5 Å². The van der Waals surface area contributed by atoms with E-state index in [1.165, 1.54) is 12.1 Å². The molecule has 0 atom stereocenters. The van der Waals surface area contributed by atoms with Crippen LogP contribution in [0.1, 0.15) is 61.8 Å². The topological polar surface area (TPSA) is 149 Å². The average molecular weight is 561 g/mol. The van der Waals surface area contributed by atoms with Gasteiger partial charge in [0.2, 0.25) is 0 Å². The Morgan fingerprint density at radius 2 is 1.09 bits per heavy atom. The number of rotatable bonds is 12. The van der Waals surface area contributed by atoms with Gasteiger partial charge < -0.3 is 10.2 Å². The van der Waals surface area contributed by atoms with E-state index < -0.39 is 37.2 Å². The third-order valence-electron chi connectivity index (χ3n) is 5.65. The van der Waals surface area contributed by atoms with Crippen LogP contribution in [0.5, 0.6) is 11.5 Å². The van der Waals surface area contributed by atoms with Crippen LogP contribution in [0.15, 0.2) is 36.4 Å². The van der Waals surface area contributed by atoms with E-state index in [1.54, 1.807) is 24.3 Å². The van der Waals surface area contributed by atoms with Gasteiger partial charge in [0.25, 0.3) is 20.2 Å². The van der Waals surface area contributed by atoms with E-state index in [4.69, 9.17) is 33.5 Å². The molecule has 2 rings (SSSR count). The number of hydrogen-bond donors (Lipinski definition) is 4. The molecule has 0 bridgehead atoms. The molecule has 0 heterocycles. The molecule has 0 saturated carbocycles. The first-order chi connectivity index (χ1) is 16.0. The Balaban J connectivity index is 2.31. The summed E-state index contributed by atoms with van der Waals surface area (Å²) in [6.45, 7) is 3.87. The SMILES string of the molecule is CC(C)(c1ccc(O)c(C(=S)CCCS(=O)(=O)O)c1)c1ccc(O)c(C(=S)CCCS(=O)(=O)O)c1. The fraction of sp³-hybridized carbons (Fsp3) is 0.391. The van der Waals surface area contributed by atoms with Crippen LogP contribution in [0.25, 0.3) is 0 Å². The van der Waals surface area contributed by atoms with Gasteiger partial charge in [-0.25, -0.2) is 0 Å². The number of benzene rings is 2. The van der Waals surface area contributed by atoms with E-state index in [-0.39, 0.29) is 37.2 Å². The summed E-state index contributed by atoms with van der Waals surface area (Å²) in [4.78, 5) is 0.713. The summed E-state index contributed by atoms with van der Waals surface area (Å²) < 4.78 is 61.7. The van der Waals surface area contributed by atoms with Crippen LogP contribution in [0.4, 0.5) is 0 Å². The number of phenols is 2. The van der Waals surface area contributed by atoms with Gasteiger partial charge in [0.05, 0.1) is 11.5 Å². The lowest BCUT2D eigenvalue weighted by Gasteiger charge is -2.28. The smallest absolute Gasteiger partial charge is 0.264 e. The Bertz CT molecular complexity index is 1230. The van der Waals surface area contributed by atoms with Crippen LogP contribution in [0.2, 0.25) is 0 Å². The molecule has 192 valence electrons. The third-order valence-corrected chi connectivity index (χ3v) is 8.11. The molecule has 0 aliphatic carbocycles. The molecule has 4 N–H and O–H groups in total. The lowest BCUT2D eigenvalue weighted by Crippen LogP contribution is -2.20. The molecule has 35 heavy (non-hydrogen) atoms. The highest BCUT2D eigenvalue weighted by atomic mass is 32.2. The standard InChI is InChI=1S/C23H28O8S4/c1-23(2,15-7-9-19(24)17(13-15)21(32)5-3-11-34(26,27)28)16-8-10-20(25)18(14-16)22(33)6-4-12-35(29,30)31/h7-10,13-14,24-25H,3-6,11-12H2,1-2H3,(H,26,27,28)(H,29,30,31). The van der Waals surface area contributed by atoms with Crippen molar-refractivity contribution in [2.24, 2.45) is 0 Å². The molecule has 0 aliphatic heterocycles. The van der Waals surface area contributed by atoms with E-state index in [1.807, 2.05) is 13.8 Å². The fourth-order valence-corrected chi connectivity index (χ4v) is 5.20. The lowest BCUT2D eigenvalue weighted by molar-refractivity contribution is 0.472. The molecule has 2 aromatic carbocycles. The number of hydrogen-bond acceptors (Lipinski definition) is 8. The quantitative estimate of drug-likeness (QED) is 0.169. The minimum Gasteiger partial charge on any atom is -0.507 e. The Morgan fingerprint density at radius 1 is 0.743 bits per heavy atom. The van der Waals surface area contributed by atoms with E-state index in [2.05, 4.69) is 0 Å². The molecule has 0 amide bonds. The van der Waals surface area contributed by atoms with Gasteiger partial charge in [-0.1, -0.05) is 50.4 Å². The van der Waals surface area contributed by atoms with E-state index >= 15 is 0 Å². The Labute approximate surface area is 216 Å². The van der Waals surface area contributed by atoms with Crippen molar-refractivity contribution in [3.63, 3.8) is 0 Å². The molecular weight excluding hydrogens is 533 g/mol. The summed E-state index contributed by atoms with van der Waals surface area (Å²) in [7, 11) is -8.21. The maximum absolute atomic E-state index is 11.0. The highest BCUT2D eigenvalue weighted by Crippen LogP contribution is 2.36. The summed E-state index contributed by atoms with van der Waals surface area (Å²) >= 11 is 10.8. The van der Waals surface area contributed by atoms with Crippen molar-refractivity contribution in [1.82, 2.24) is 0 Å². The number of thiocarbonyl (C=S) groups is 2. The molecule has 0 fully saturated rings. The molecule has 2 aromatic rings. The van der Waals surface area contributed by atoms with Gasteiger partial charge in [0.1, 0.15) is 11.5 Å². The van der Waals surface area contributed by atoms with Gasteiger partial charge in [-0.05, 0) is 61.1 Å². The predicted molar refractivity (Wildman–Crippen MR) is 143 cm³/mol. The lowest BCUT2D eigenvalue weighted by atomic mass is 9.76. The van der Waals surface area contributed by atoms with Crippen LogP contribution in [-0.4, -0.2) is 57.4 Å². The maximum atomic E-state index is 11.0. The molecule has 0 radical (unpaired) electrons. The molecule has 12 heteroatoms. The zero-order valence-electron chi connectivity index (χ0n) is 19.3. The van der Waals surface area contributed by atoms with Crippen LogP contribution in [0, 0.1) is 0 Å². The van der Waals surface area contributed by atoms with Gasteiger partial charge >= 0.3 is 0 Å². The zero-order valence-corrected chi connectivity index (χ0v) is 22.5. The molecular formula is C23H28O8S4. The highest BCUT2D eigenvalue weighted by molar-refractivity contribution is 7.86. The predicted octanol–water partition coefficient (Wildman–Crippen LogP) is 4.20. The van der Waals surface area contributed by atoms with Gasteiger partial charge in [0.15, 0.2) is 0 Å². The second kappa shape index (κ2) is 11.4. The van der Waals surface area contributed by atoms with Crippen LogP contribution < -0.4 is 0 Å². The second-order valence-electron chi connectivity index (χ2n) is 8.71. The molecule has 0 spiro atoms. The summed E-state index contributed by atoms with van der Waals surface area (Å²) in [6.07, 6.45) is 0.601. The molecule has 0 aromatic heterocycles. The maximum Gasteiger partial charge on any atom is 0.264 e. The molecule has 8 nitrogen and oxygen atoms in total. The molecule has 0 unspecified atom stereocenters. The third kappa shape index (κ3) is 8.58. The molecule has 0 aliphatic rings. The summed E-state index contributed by atoms with van der Waals surface area (Å²) in [5, 5.41) is 20.7. The Morgan fingerprint density at radius 3 is 1.40 bits per heavy atom. The summed E-state index contributed by atoms with van der Waals surface area (Å²) in [5.74, 6) is -0.959. The van der Waals surface area contributed by atoms with Crippen molar-refractivity contribution in [3.05, 3.63) is 58.7 Å². The Hall–Kier alpha value is -1.96. The highest BCUT2D eigenvalue weighted by Gasteiger charge is 2.26. The van der Waals surface area contributed by atoms with E-state index in [0.717, 1.165) is 11.1 Å². The largest absolute Gasteiger partial charge is 0.507 e. The summed E-state index contributed by atoms with van der Waals surface area (Å²) in [5.41, 5.74) is 1.73. The normalized spacial score (nSPS) is 12.5. The zero-order chi connectivity index (χ0) is 26.6. The van der Waals surface area contributed by atoms with Crippen LogP contribution >= 0.6 is 24.4 Å². The van der Waals surface area contributed by atoms with Gasteiger partial charge in [-0.3, -0.25) is 9.11 Å². The summed E-state index contributed by atoms with van der Waals surface area (Å²) in [6, 6.07) is 9.92. The minimum absolute atomic E-state index is 0.0483. The van der Waals surface area contributed by atoms with Crippen molar-refractivity contribution >= 4 is 54.4 Å². The van der Waals surface area contributed by atoms with Gasteiger partial charge in [0, 0.05) is 26.3 Å². The molecule has 0 saturated heterocycles. The number of aromatic hydroxyl groups is 2. The number of phenolic OH excluding ortho intramolecular Hbond substituents is 2. The first-order valence-corrected chi connectivity index (χ1v) is 14.7. The van der Waals surface area contributed by atoms with E-state index in [0.29, 0.717) is 20.9 Å². The van der Waals surface area contributed by atoms with Crippen LogP contribution in [0.3, 0.4) is 0 Å². The second-order valence-corrected chi connectivity index (χ2v) is 12.8. The van der Waals surface area contributed by atoms with E-state index in [9.17, 15) is 27.0 Å². The van der Waals surface area contributed by atoms with Crippen LogP contribution in [-0.2, 0) is 25.7 Å². The fourth-order valence-electron chi connectivity index (χ4n) is 3.56. The van der Waals surface area contributed by atoms with Crippen molar-refractivity contribution in [1.29, 1.82) is 0 Å².